The standard InChI is InChI=1S/C27H31N3O2S/c1-27(2,3)23-13-15-24(16-14-23)31-17-18-32-25-12-8-7-11-22(25)20-29-30-26(33)28-19-21-9-5-4-6-10-21/h4-16,20H,17-19H2,1-3H3,(H2,28,30,33)/b29-20+. The summed E-state index contributed by atoms with van der Waals surface area (Å²) in [5.74, 6) is 1.57. The summed E-state index contributed by atoms with van der Waals surface area (Å²) in [5.41, 5.74) is 6.25. The second kappa shape index (κ2) is 12.0. The predicted molar refractivity (Wildman–Crippen MR) is 139 cm³/mol. The molecule has 0 aliphatic rings. The Morgan fingerprint density at radius 2 is 1.55 bits per heavy atom. The number of hydrogen-bond donors (Lipinski definition) is 2. The van der Waals surface area contributed by atoms with E-state index in [1.54, 1.807) is 6.21 Å². The molecular weight excluding hydrogens is 430 g/mol. The van der Waals surface area contributed by atoms with Crippen LogP contribution in [-0.2, 0) is 12.0 Å². The van der Waals surface area contributed by atoms with Crippen LogP contribution < -0.4 is 20.2 Å². The van der Waals surface area contributed by atoms with Gasteiger partial charge < -0.3 is 14.8 Å². The number of ether oxygens (including phenoxy) is 2. The molecule has 33 heavy (non-hydrogen) atoms. The fourth-order valence-corrected chi connectivity index (χ4v) is 3.18. The van der Waals surface area contributed by atoms with Gasteiger partial charge in [-0.1, -0.05) is 75.4 Å². The highest BCUT2D eigenvalue weighted by Gasteiger charge is 2.12. The molecule has 0 heterocycles. The van der Waals surface area contributed by atoms with E-state index < -0.39 is 0 Å². The molecule has 0 amide bonds. The van der Waals surface area contributed by atoms with E-state index in [0.29, 0.717) is 24.9 Å². The Bertz CT molecular complexity index is 1040. The van der Waals surface area contributed by atoms with E-state index in [4.69, 9.17) is 21.7 Å². The molecule has 0 aliphatic heterocycles. The van der Waals surface area contributed by atoms with Crippen LogP contribution in [0.2, 0.25) is 0 Å². The Morgan fingerprint density at radius 3 is 2.27 bits per heavy atom. The van der Waals surface area contributed by atoms with Gasteiger partial charge in [-0.3, -0.25) is 5.43 Å². The van der Waals surface area contributed by atoms with Crippen LogP contribution in [0.5, 0.6) is 11.5 Å². The number of nitrogens with zero attached hydrogens (tertiary/aromatic N) is 1. The molecule has 0 aliphatic carbocycles. The second-order valence-electron chi connectivity index (χ2n) is 8.55. The number of nitrogens with one attached hydrogen (secondary N) is 2. The molecule has 5 nitrogen and oxygen atoms in total. The minimum Gasteiger partial charge on any atom is -0.490 e. The first-order valence-corrected chi connectivity index (χ1v) is 11.4. The van der Waals surface area contributed by atoms with E-state index in [1.165, 1.54) is 5.56 Å². The SMILES string of the molecule is CC(C)(C)c1ccc(OCCOc2ccccc2/C=N/NC(=S)NCc2ccccc2)cc1. The van der Waals surface area contributed by atoms with Crippen molar-refractivity contribution in [2.45, 2.75) is 32.7 Å². The summed E-state index contributed by atoms with van der Waals surface area (Å²) >= 11 is 5.28. The maximum atomic E-state index is 5.91. The molecule has 3 aromatic rings. The zero-order valence-corrected chi connectivity index (χ0v) is 20.2. The Balaban J connectivity index is 1.43. The van der Waals surface area contributed by atoms with Crippen LogP contribution in [0.1, 0.15) is 37.5 Å². The first-order chi connectivity index (χ1) is 15.9. The van der Waals surface area contributed by atoms with Crippen molar-refractivity contribution in [3.05, 3.63) is 95.6 Å². The number of benzene rings is 3. The lowest BCUT2D eigenvalue weighted by atomic mass is 9.87. The monoisotopic (exact) mass is 461 g/mol. The number of thiocarbonyl (C=S) groups is 1. The zero-order chi connectivity index (χ0) is 23.5. The largest absolute Gasteiger partial charge is 0.490 e. The molecule has 0 unspecified atom stereocenters. The van der Waals surface area contributed by atoms with Crippen LogP contribution >= 0.6 is 12.2 Å². The van der Waals surface area contributed by atoms with Crippen LogP contribution in [-0.4, -0.2) is 24.5 Å². The molecule has 0 bridgehead atoms. The van der Waals surface area contributed by atoms with Crippen LogP contribution in [0, 0.1) is 0 Å². The maximum absolute atomic E-state index is 5.91. The minimum absolute atomic E-state index is 0.128. The number of para-hydroxylation sites is 1. The molecule has 0 fully saturated rings. The van der Waals surface area contributed by atoms with Crippen molar-refractivity contribution in [1.82, 2.24) is 10.7 Å². The lowest BCUT2D eigenvalue weighted by Crippen LogP contribution is -2.31. The molecule has 2 N–H and O–H groups in total. The van der Waals surface area contributed by atoms with Gasteiger partial charge in [0.25, 0.3) is 0 Å². The van der Waals surface area contributed by atoms with Crippen molar-refractivity contribution in [2.24, 2.45) is 5.10 Å². The highest BCUT2D eigenvalue weighted by molar-refractivity contribution is 7.80. The molecule has 3 rings (SSSR count). The highest BCUT2D eigenvalue weighted by Crippen LogP contribution is 2.24. The Hall–Kier alpha value is -3.38. The smallest absolute Gasteiger partial charge is 0.187 e. The van der Waals surface area contributed by atoms with E-state index in [1.807, 2.05) is 66.7 Å². The summed E-state index contributed by atoms with van der Waals surface area (Å²) in [7, 11) is 0. The normalized spacial score (nSPS) is 11.2. The third-order valence-electron chi connectivity index (χ3n) is 4.91. The van der Waals surface area contributed by atoms with Crippen molar-refractivity contribution in [3.63, 3.8) is 0 Å². The van der Waals surface area contributed by atoms with Crippen LogP contribution in [0.25, 0.3) is 0 Å². The van der Waals surface area contributed by atoms with Gasteiger partial charge in [0.2, 0.25) is 0 Å². The number of hydrogen-bond acceptors (Lipinski definition) is 4. The Kier molecular flexibility index (Phi) is 8.84. The van der Waals surface area contributed by atoms with Crippen LogP contribution in [0.15, 0.2) is 84.0 Å². The molecule has 3 aromatic carbocycles. The average Bonchev–Trinajstić information content (AvgIpc) is 2.82. The summed E-state index contributed by atoms with van der Waals surface area (Å²) in [6.07, 6.45) is 1.69. The summed E-state index contributed by atoms with van der Waals surface area (Å²) in [6.45, 7) is 8.11. The topological polar surface area (TPSA) is 54.9 Å². The van der Waals surface area contributed by atoms with Gasteiger partial charge >= 0.3 is 0 Å². The molecule has 0 saturated heterocycles. The summed E-state index contributed by atoms with van der Waals surface area (Å²) < 4.78 is 11.7. The van der Waals surface area contributed by atoms with Crippen molar-refractivity contribution >= 4 is 23.5 Å². The van der Waals surface area contributed by atoms with Crippen molar-refractivity contribution < 1.29 is 9.47 Å². The van der Waals surface area contributed by atoms with E-state index in [-0.39, 0.29) is 5.41 Å². The van der Waals surface area contributed by atoms with E-state index in [9.17, 15) is 0 Å². The highest BCUT2D eigenvalue weighted by atomic mass is 32.1. The second-order valence-corrected chi connectivity index (χ2v) is 8.96. The van der Waals surface area contributed by atoms with Crippen molar-refractivity contribution in [3.8, 4) is 11.5 Å². The van der Waals surface area contributed by atoms with Gasteiger partial charge in [0, 0.05) is 12.1 Å². The molecule has 0 aromatic heterocycles. The van der Waals surface area contributed by atoms with E-state index >= 15 is 0 Å². The van der Waals surface area contributed by atoms with Crippen LogP contribution in [0.3, 0.4) is 0 Å². The molecule has 6 heteroatoms. The molecule has 0 atom stereocenters. The number of hydrazone groups is 1. The number of rotatable bonds is 9. The molecule has 0 saturated carbocycles. The molecular formula is C27H31N3O2S. The fourth-order valence-electron chi connectivity index (χ4n) is 3.06. The third-order valence-corrected chi connectivity index (χ3v) is 5.15. The lowest BCUT2D eigenvalue weighted by Gasteiger charge is -2.19. The Labute approximate surface area is 201 Å². The quantitative estimate of drug-likeness (QED) is 0.192. The molecule has 0 radical (unpaired) electrons. The summed E-state index contributed by atoms with van der Waals surface area (Å²) in [4.78, 5) is 0. The van der Waals surface area contributed by atoms with Gasteiger partial charge in [-0.15, -0.1) is 0 Å². The third kappa shape index (κ3) is 8.24. The molecule has 172 valence electrons. The Morgan fingerprint density at radius 1 is 0.879 bits per heavy atom. The van der Waals surface area contributed by atoms with Gasteiger partial charge in [-0.2, -0.15) is 5.10 Å². The summed E-state index contributed by atoms with van der Waals surface area (Å²) in [5, 5.41) is 7.81. The zero-order valence-electron chi connectivity index (χ0n) is 19.4. The van der Waals surface area contributed by atoms with Gasteiger partial charge in [-0.25, -0.2) is 0 Å². The van der Waals surface area contributed by atoms with Gasteiger partial charge in [0.15, 0.2) is 5.11 Å². The van der Waals surface area contributed by atoms with Gasteiger partial charge in [0.1, 0.15) is 24.7 Å². The predicted octanol–water partition coefficient (Wildman–Crippen LogP) is 5.44. The first kappa shape index (κ1) is 24.3. The first-order valence-electron chi connectivity index (χ1n) is 11.0. The van der Waals surface area contributed by atoms with E-state index in [2.05, 4.69) is 48.7 Å². The maximum Gasteiger partial charge on any atom is 0.187 e. The fraction of sp³-hybridized carbons (Fsp3) is 0.259. The van der Waals surface area contributed by atoms with Gasteiger partial charge in [-0.05, 0) is 53.0 Å². The van der Waals surface area contributed by atoms with Gasteiger partial charge in [0.05, 0.1) is 6.21 Å². The molecule has 0 spiro atoms. The summed E-state index contributed by atoms with van der Waals surface area (Å²) in [6, 6.07) is 26.0. The van der Waals surface area contributed by atoms with Crippen molar-refractivity contribution in [1.29, 1.82) is 0 Å². The van der Waals surface area contributed by atoms with E-state index in [0.717, 1.165) is 22.6 Å². The average molecular weight is 462 g/mol. The van der Waals surface area contributed by atoms with Crippen molar-refractivity contribution in [2.75, 3.05) is 13.2 Å². The van der Waals surface area contributed by atoms with Crippen LogP contribution in [0.4, 0.5) is 0 Å². The lowest BCUT2D eigenvalue weighted by molar-refractivity contribution is 0.217. The minimum atomic E-state index is 0.128.